The van der Waals surface area contributed by atoms with Gasteiger partial charge in [0, 0.05) is 13.1 Å². The maximum absolute atomic E-state index is 4.30. The maximum atomic E-state index is 4.30. The maximum Gasteiger partial charge on any atom is 0.160 e. The number of allylic oxidation sites excluding steroid dienone is 1. The van der Waals surface area contributed by atoms with Crippen molar-refractivity contribution in [3.63, 3.8) is 0 Å². The number of para-hydroxylation sites is 1. The molecule has 4 nitrogen and oxygen atoms in total. The normalized spacial score (nSPS) is 11.1. The van der Waals surface area contributed by atoms with Crippen molar-refractivity contribution >= 4 is 11.9 Å². The molecular formula is C15H20N4. The van der Waals surface area contributed by atoms with Gasteiger partial charge in [0.2, 0.25) is 0 Å². The van der Waals surface area contributed by atoms with Crippen molar-refractivity contribution in [1.29, 1.82) is 0 Å². The van der Waals surface area contributed by atoms with E-state index in [0.717, 1.165) is 30.3 Å². The minimum atomic E-state index is 0.912. The first-order valence-electron chi connectivity index (χ1n) is 6.70. The Kier molecular flexibility index (Phi) is 4.34. The summed E-state index contributed by atoms with van der Waals surface area (Å²) in [7, 11) is 0. The largest absolute Gasteiger partial charge is 0.355 e. The number of anilines is 1. The van der Waals surface area contributed by atoms with E-state index in [1.807, 2.05) is 54.1 Å². The topological polar surface area (TPSA) is 34.0 Å². The zero-order chi connectivity index (χ0) is 13.7. The molecule has 4 heteroatoms. The summed E-state index contributed by atoms with van der Waals surface area (Å²) >= 11 is 0. The summed E-state index contributed by atoms with van der Waals surface area (Å²) in [6, 6.07) is 10.1. The Morgan fingerprint density at radius 1 is 1.16 bits per heavy atom. The summed E-state index contributed by atoms with van der Waals surface area (Å²) in [5.41, 5.74) is 1.95. The molecule has 0 spiro atoms. The lowest BCUT2D eigenvalue weighted by molar-refractivity contribution is 0.759. The van der Waals surface area contributed by atoms with Gasteiger partial charge in [-0.1, -0.05) is 29.5 Å². The van der Waals surface area contributed by atoms with E-state index in [1.165, 1.54) is 0 Å². The van der Waals surface area contributed by atoms with Crippen LogP contribution in [0.4, 0.5) is 5.82 Å². The van der Waals surface area contributed by atoms with E-state index in [4.69, 9.17) is 0 Å². The number of nitrogens with zero attached hydrogens (tertiary/aromatic N) is 4. The van der Waals surface area contributed by atoms with Gasteiger partial charge in [-0.05, 0) is 39.0 Å². The van der Waals surface area contributed by atoms with Gasteiger partial charge in [0.1, 0.15) is 5.69 Å². The van der Waals surface area contributed by atoms with Crippen LogP contribution in [0.25, 0.3) is 11.8 Å². The standard InChI is InChI=1S/C15H20N4/c1-4-10-14-15(18(5-2)6-3)19(17-16-14)13-11-8-7-9-12-13/h4,7-12H,5-6H2,1-3H3. The van der Waals surface area contributed by atoms with E-state index >= 15 is 0 Å². The average molecular weight is 256 g/mol. The minimum absolute atomic E-state index is 0.912. The third kappa shape index (κ3) is 2.67. The van der Waals surface area contributed by atoms with Crippen LogP contribution in [0.15, 0.2) is 36.4 Å². The SMILES string of the molecule is CC=Cc1nnn(-c2ccccc2)c1N(CC)CC. The fraction of sp³-hybridized carbons (Fsp3) is 0.333. The summed E-state index contributed by atoms with van der Waals surface area (Å²) in [5.74, 6) is 1.05. The van der Waals surface area contributed by atoms with Crippen molar-refractivity contribution in [2.45, 2.75) is 20.8 Å². The van der Waals surface area contributed by atoms with Gasteiger partial charge in [-0.15, -0.1) is 5.10 Å². The van der Waals surface area contributed by atoms with E-state index in [-0.39, 0.29) is 0 Å². The highest BCUT2D eigenvalue weighted by Gasteiger charge is 2.16. The number of rotatable bonds is 5. The molecule has 0 aliphatic heterocycles. The van der Waals surface area contributed by atoms with Crippen molar-refractivity contribution in [2.75, 3.05) is 18.0 Å². The quantitative estimate of drug-likeness (QED) is 0.824. The van der Waals surface area contributed by atoms with E-state index in [9.17, 15) is 0 Å². The highest BCUT2D eigenvalue weighted by molar-refractivity contribution is 5.62. The molecular weight excluding hydrogens is 236 g/mol. The molecule has 0 bridgehead atoms. The predicted octanol–water partition coefficient (Wildman–Crippen LogP) is 3.15. The molecule has 1 aromatic carbocycles. The van der Waals surface area contributed by atoms with Crippen LogP contribution < -0.4 is 4.90 Å². The Balaban J connectivity index is 2.55. The van der Waals surface area contributed by atoms with Crippen LogP contribution >= 0.6 is 0 Å². The lowest BCUT2D eigenvalue weighted by atomic mass is 10.3. The highest BCUT2D eigenvalue weighted by atomic mass is 15.5. The van der Waals surface area contributed by atoms with Gasteiger partial charge in [-0.3, -0.25) is 0 Å². The molecule has 1 aromatic heterocycles. The van der Waals surface area contributed by atoms with E-state index < -0.39 is 0 Å². The molecule has 2 rings (SSSR count). The number of benzene rings is 1. The third-order valence-corrected chi connectivity index (χ3v) is 3.06. The van der Waals surface area contributed by atoms with Crippen molar-refractivity contribution in [3.8, 4) is 5.69 Å². The van der Waals surface area contributed by atoms with Gasteiger partial charge in [0.05, 0.1) is 5.69 Å². The molecule has 100 valence electrons. The van der Waals surface area contributed by atoms with Crippen LogP contribution in [-0.2, 0) is 0 Å². The second-order valence-electron chi connectivity index (χ2n) is 4.22. The second-order valence-corrected chi connectivity index (χ2v) is 4.22. The Morgan fingerprint density at radius 2 is 1.84 bits per heavy atom. The summed E-state index contributed by atoms with van der Waals surface area (Å²) in [6.45, 7) is 8.15. The second kappa shape index (κ2) is 6.18. The molecule has 0 aliphatic carbocycles. The fourth-order valence-electron chi connectivity index (χ4n) is 2.12. The molecule has 0 amide bonds. The van der Waals surface area contributed by atoms with Gasteiger partial charge in [0.15, 0.2) is 5.82 Å². The lowest BCUT2D eigenvalue weighted by Gasteiger charge is -2.22. The van der Waals surface area contributed by atoms with Crippen LogP contribution in [-0.4, -0.2) is 28.1 Å². The molecule has 2 aromatic rings. The molecule has 0 radical (unpaired) electrons. The van der Waals surface area contributed by atoms with E-state index in [1.54, 1.807) is 0 Å². The molecule has 0 atom stereocenters. The first-order valence-corrected chi connectivity index (χ1v) is 6.70. The van der Waals surface area contributed by atoms with Gasteiger partial charge in [0.25, 0.3) is 0 Å². The summed E-state index contributed by atoms with van der Waals surface area (Å²) < 4.78 is 1.91. The Bertz CT molecular complexity index is 539. The zero-order valence-corrected chi connectivity index (χ0v) is 11.7. The zero-order valence-electron chi connectivity index (χ0n) is 11.7. The summed E-state index contributed by atoms with van der Waals surface area (Å²) in [5, 5.41) is 8.58. The van der Waals surface area contributed by atoms with Crippen molar-refractivity contribution in [3.05, 3.63) is 42.1 Å². The van der Waals surface area contributed by atoms with Crippen LogP contribution in [0.5, 0.6) is 0 Å². The van der Waals surface area contributed by atoms with Gasteiger partial charge in [-0.2, -0.15) is 4.68 Å². The van der Waals surface area contributed by atoms with E-state index in [0.29, 0.717) is 0 Å². The molecule has 0 N–H and O–H groups in total. The van der Waals surface area contributed by atoms with Crippen molar-refractivity contribution in [2.24, 2.45) is 0 Å². The Labute approximate surface area is 114 Å². The van der Waals surface area contributed by atoms with E-state index in [2.05, 4.69) is 29.1 Å². The molecule has 1 heterocycles. The van der Waals surface area contributed by atoms with Gasteiger partial charge in [-0.25, -0.2) is 0 Å². The minimum Gasteiger partial charge on any atom is -0.355 e. The van der Waals surface area contributed by atoms with Crippen LogP contribution in [0, 0.1) is 0 Å². The Morgan fingerprint density at radius 3 is 2.42 bits per heavy atom. The molecule has 0 unspecified atom stereocenters. The number of hydrogen-bond acceptors (Lipinski definition) is 3. The first-order chi connectivity index (χ1) is 9.31. The molecule has 0 saturated carbocycles. The molecule has 19 heavy (non-hydrogen) atoms. The van der Waals surface area contributed by atoms with Crippen molar-refractivity contribution in [1.82, 2.24) is 15.0 Å². The lowest BCUT2D eigenvalue weighted by Crippen LogP contribution is -2.25. The van der Waals surface area contributed by atoms with Crippen LogP contribution in [0.2, 0.25) is 0 Å². The number of aromatic nitrogens is 3. The molecule has 0 fully saturated rings. The fourth-order valence-corrected chi connectivity index (χ4v) is 2.12. The van der Waals surface area contributed by atoms with Gasteiger partial charge < -0.3 is 4.90 Å². The first kappa shape index (κ1) is 13.3. The molecule has 0 saturated heterocycles. The Hall–Kier alpha value is -2.10. The molecule has 0 aliphatic rings. The third-order valence-electron chi connectivity index (χ3n) is 3.06. The average Bonchev–Trinajstić information content (AvgIpc) is 2.86. The monoisotopic (exact) mass is 256 g/mol. The number of hydrogen-bond donors (Lipinski definition) is 0. The van der Waals surface area contributed by atoms with Crippen molar-refractivity contribution < 1.29 is 0 Å². The summed E-state index contributed by atoms with van der Waals surface area (Å²) in [6.07, 6.45) is 3.99. The summed E-state index contributed by atoms with van der Waals surface area (Å²) in [4.78, 5) is 2.27. The van der Waals surface area contributed by atoms with Crippen LogP contribution in [0.3, 0.4) is 0 Å². The smallest absolute Gasteiger partial charge is 0.160 e. The van der Waals surface area contributed by atoms with Crippen LogP contribution in [0.1, 0.15) is 26.5 Å². The highest BCUT2D eigenvalue weighted by Crippen LogP contribution is 2.23. The van der Waals surface area contributed by atoms with Gasteiger partial charge >= 0.3 is 0 Å². The predicted molar refractivity (Wildman–Crippen MR) is 79.6 cm³/mol.